The van der Waals surface area contributed by atoms with E-state index in [0.717, 1.165) is 27.8 Å². The lowest BCUT2D eigenvalue weighted by atomic mass is 9.79. The van der Waals surface area contributed by atoms with Crippen LogP contribution in [0.3, 0.4) is 0 Å². The number of benzene rings is 2. The molecule has 0 radical (unpaired) electrons. The molecular weight excluding hydrogens is 454 g/mol. The molecule has 11 heteroatoms. The Morgan fingerprint density at radius 2 is 1.62 bits per heavy atom. The largest absolute Gasteiger partial charge is 0.494 e. The molecule has 1 saturated heterocycles. The molecule has 0 atom stereocenters. The fourth-order valence-corrected chi connectivity index (χ4v) is 3.14. The normalized spacial score (nSPS) is 15.6. The highest BCUT2D eigenvalue weighted by Gasteiger charge is 2.51. The average molecular weight is 492 g/mol. The zero-order chi connectivity index (χ0) is 25.9. The summed E-state index contributed by atoms with van der Waals surface area (Å²) in [6, 6.07) is 14.5. The van der Waals surface area contributed by atoms with Crippen LogP contribution in [0.5, 0.6) is 5.75 Å². The molecule has 0 bridgehead atoms. The second kappa shape index (κ2) is 14.0. The minimum absolute atomic E-state index is 0.346. The van der Waals surface area contributed by atoms with Crippen molar-refractivity contribution in [3.05, 3.63) is 48.5 Å². The van der Waals surface area contributed by atoms with Crippen molar-refractivity contribution in [3.63, 3.8) is 0 Å². The fraction of sp³-hybridized carbons (Fsp3) is 0.478. The van der Waals surface area contributed by atoms with Gasteiger partial charge in [-0.1, -0.05) is 38.1 Å². The van der Waals surface area contributed by atoms with Crippen LogP contribution in [0.2, 0.25) is 0 Å². The smallest absolute Gasteiger partial charge is 0.494 e. The molecule has 2 aromatic carbocycles. The number of rotatable bonds is 7. The summed E-state index contributed by atoms with van der Waals surface area (Å²) in [6.45, 7) is 14.6. The Bertz CT molecular complexity index is 855. The van der Waals surface area contributed by atoms with Gasteiger partial charge in [0.15, 0.2) is 0 Å². The van der Waals surface area contributed by atoms with Gasteiger partial charge in [0.1, 0.15) is 5.75 Å². The molecule has 0 aromatic heterocycles. The van der Waals surface area contributed by atoms with E-state index in [1.165, 1.54) is 0 Å². The Morgan fingerprint density at radius 3 is 2.15 bits per heavy atom. The molecule has 0 saturated carbocycles. The Balaban J connectivity index is 0.000000353. The highest BCUT2D eigenvalue weighted by atomic mass is 32.2. The quantitative estimate of drug-likeness (QED) is 0.264. The monoisotopic (exact) mass is 492 g/mol. The molecule has 0 unspecified atom stereocenters. The van der Waals surface area contributed by atoms with Crippen LogP contribution in [-0.4, -0.2) is 58.8 Å². The van der Waals surface area contributed by atoms with Crippen LogP contribution in [0.25, 0.3) is 0 Å². The maximum absolute atomic E-state index is 9.12. The third-order valence-electron chi connectivity index (χ3n) is 5.17. The van der Waals surface area contributed by atoms with E-state index in [0.29, 0.717) is 17.8 Å². The Labute approximate surface area is 209 Å². The van der Waals surface area contributed by atoms with Crippen molar-refractivity contribution >= 4 is 43.0 Å². The van der Waals surface area contributed by atoms with Crippen molar-refractivity contribution in [2.24, 2.45) is 0 Å². The Morgan fingerprint density at radius 1 is 1.03 bits per heavy atom. The zero-order valence-electron chi connectivity index (χ0n) is 21.4. The maximum Gasteiger partial charge on any atom is 0.494 e. The van der Waals surface area contributed by atoms with Crippen molar-refractivity contribution in [1.29, 1.82) is 0 Å². The predicted molar refractivity (Wildman–Crippen MR) is 142 cm³/mol. The first-order valence-corrected chi connectivity index (χ1v) is 12.1. The predicted octanol–water partition coefficient (Wildman–Crippen LogP) is 3.07. The highest BCUT2D eigenvalue weighted by molar-refractivity contribution is 7.98. The van der Waals surface area contributed by atoms with Gasteiger partial charge in [-0.15, -0.1) is 4.47 Å². The summed E-state index contributed by atoms with van der Waals surface area (Å²) in [5, 5.41) is 26.7. The van der Waals surface area contributed by atoms with Crippen LogP contribution in [0, 0.1) is 0 Å². The van der Waals surface area contributed by atoms with E-state index in [9.17, 15) is 0 Å². The van der Waals surface area contributed by atoms with Crippen LogP contribution in [0.15, 0.2) is 48.5 Å². The first-order valence-electron chi connectivity index (χ1n) is 11.3. The van der Waals surface area contributed by atoms with Gasteiger partial charge in [0, 0.05) is 12.7 Å². The van der Waals surface area contributed by atoms with Gasteiger partial charge in [-0.25, -0.2) is 0 Å². The summed E-state index contributed by atoms with van der Waals surface area (Å²) in [4.78, 5) is 0. The lowest BCUT2D eigenvalue weighted by Crippen LogP contribution is -2.41. The van der Waals surface area contributed by atoms with Gasteiger partial charge in [0.05, 0.1) is 29.9 Å². The summed E-state index contributed by atoms with van der Waals surface area (Å²) >= 11 is 1.09. The van der Waals surface area contributed by atoms with Gasteiger partial charge in [0.2, 0.25) is 0 Å². The molecule has 3 rings (SSSR count). The molecular formula is C23H38B2N2O6S. The second-order valence-electron chi connectivity index (χ2n) is 8.25. The summed E-state index contributed by atoms with van der Waals surface area (Å²) in [5.74, 6) is 0.656. The van der Waals surface area contributed by atoms with Crippen molar-refractivity contribution in [1.82, 2.24) is 4.47 Å². The van der Waals surface area contributed by atoms with E-state index in [1.54, 1.807) is 31.3 Å². The van der Waals surface area contributed by atoms with E-state index < -0.39 is 7.12 Å². The van der Waals surface area contributed by atoms with Gasteiger partial charge in [-0.3, -0.25) is 0 Å². The molecule has 34 heavy (non-hydrogen) atoms. The first-order chi connectivity index (χ1) is 15.9. The van der Waals surface area contributed by atoms with E-state index in [-0.39, 0.29) is 18.3 Å². The molecule has 1 fully saturated rings. The topological polar surface area (TPSA) is 104 Å². The number of ether oxygens (including phenoxy) is 1. The van der Waals surface area contributed by atoms with Gasteiger partial charge in [-0.2, -0.15) is 0 Å². The molecule has 0 amide bonds. The second-order valence-corrected chi connectivity index (χ2v) is 9.17. The first kappa shape index (κ1) is 30.3. The molecule has 0 aliphatic carbocycles. The number of hydrogen-bond donors (Lipinski definition) is 4. The van der Waals surface area contributed by atoms with Crippen molar-refractivity contribution in [2.75, 3.05) is 18.4 Å². The standard InChI is InChI=1S/C13H21BN2O3S.C8H11BO3.C2H6/c1-12(2)13(3,4)19-14(18-12)10-7-6-8-11(9-10)15-20-16(5)17;1-2-12-8-5-3-4-7(6-8)9(10)11;1-2/h6-9,15,17H,1-5H3;3-6,10-11H,2H2,1H3;1-2H3. The number of hydrogen-bond acceptors (Lipinski definition) is 9. The SMILES string of the molecule is CC.CCOc1cccc(B(O)O)c1.CN(O)SNc1cccc(B2OC(C)(C)C(C)(C)O2)c1. The molecule has 8 nitrogen and oxygen atoms in total. The Kier molecular flexibility index (Phi) is 12.5. The van der Waals surface area contributed by atoms with Crippen molar-refractivity contribution in [2.45, 2.75) is 59.7 Å². The van der Waals surface area contributed by atoms with Crippen LogP contribution >= 0.6 is 12.1 Å². The van der Waals surface area contributed by atoms with Gasteiger partial charge in [0.25, 0.3) is 0 Å². The van der Waals surface area contributed by atoms with Crippen molar-refractivity contribution in [3.8, 4) is 5.75 Å². The number of hydroxylamine groups is 1. The summed E-state index contributed by atoms with van der Waals surface area (Å²) in [7, 11) is -0.251. The summed E-state index contributed by atoms with van der Waals surface area (Å²) in [6.07, 6.45) is 0. The van der Waals surface area contributed by atoms with Crippen LogP contribution in [0.4, 0.5) is 5.69 Å². The number of nitrogens with one attached hydrogen (secondary N) is 1. The third kappa shape index (κ3) is 9.14. The molecule has 1 aliphatic heterocycles. The summed E-state index contributed by atoms with van der Waals surface area (Å²) < 4.78 is 21.2. The molecule has 0 spiro atoms. The van der Waals surface area contributed by atoms with Gasteiger partial charge in [-0.05, 0) is 69.8 Å². The van der Waals surface area contributed by atoms with Crippen LogP contribution in [-0.2, 0) is 9.31 Å². The Hall–Kier alpha value is -1.72. The third-order valence-corrected chi connectivity index (χ3v) is 5.77. The maximum atomic E-state index is 9.12. The highest BCUT2D eigenvalue weighted by Crippen LogP contribution is 2.36. The van der Waals surface area contributed by atoms with Gasteiger partial charge >= 0.3 is 14.2 Å². The molecule has 188 valence electrons. The lowest BCUT2D eigenvalue weighted by molar-refractivity contribution is 0.00578. The van der Waals surface area contributed by atoms with Crippen LogP contribution < -0.4 is 20.4 Å². The van der Waals surface area contributed by atoms with E-state index in [2.05, 4.69) is 4.72 Å². The van der Waals surface area contributed by atoms with E-state index >= 15 is 0 Å². The number of nitrogens with zero attached hydrogens (tertiary/aromatic N) is 1. The van der Waals surface area contributed by atoms with Crippen molar-refractivity contribution < 1.29 is 29.3 Å². The molecule has 4 N–H and O–H groups in total. The molecule has 1 heterocycles. The minimum Gasteiger partial charge on any atom is -0.494 e. The minimum atomic E-state index is -1.43. The molecule has 2 aromatic rings. The number of anilines is 1. The van der Waals surface area contributed by atoms with Crippen LogP contribution in [0.1, 0.15) is 48.5 Å². The molecule has 1 aliphatic rings. The lowest BCUT2D eigenvalue weighted by Gasteiger charge is -2.32. The van der Waals surface area contributed by atoms with Gasteiger partial charge < -0.3 is 34.0 Å². The average Bonchev–Trinajstić information content (AvgIpc) is 3.02. The fourth-order valence-electron chi connectivity index (χ4n) is 2.78. The zero-order valence-corrected chi connectivity index (χ0v) is 22.2. The van der Waals surface area contributed by atoms with E-state index in [4.69, 9.17) is 29.3 Å². The summed E-state index contributed by atoms with van der Waals surface area (Å²) in [5.41, 5.74) is 1.58. The van der Waals surface area contributed by atoms with E-state index in [1.807, 2.05) is 72.7 Å².